The molecule has 0 atom stereocenters. The van der Waals surface area contributed by atoms with E-state index in [1.807, 2.05) is 6.92 Å². The van der Waals surface area contributed by atoms with Gasteiger partial charge in [-0.25, -0.2) is 4.98 Å². The number of H-pyrrole nitrogens is 2. The summed E-state index contributed by atoms with van der Waals surface area (Å²) in [6, 6.07) is 0. The molecule has 0 spiro atoms. The summed E-state index contributed by atoms with van der Waals surface area (Å²) in [6.07, 6.45) is 4.01. The number of hydrogen-bond donors (Lipinski definition) is 2. The molecule has 2 rings (SSSR count). The third kappa shape index (κ3) is 2.49. The van der Waals surface area contributed by atoms with Gasteiger partial charge in [0.25, 0.3) is 5.56 Å². The van der Waals surface area contributed by atoms with Gasteiger partial charge in [0.05, 0.1) is 6.33 Å². The van der Waals surface area contributed by atoms with Gasteiger partial charge in [0, 0.05) is 6.42 Å². The van der Waals surface area contributed by atoms with E-state index in [9.17, 15) is 9.59 Å². The quantitative estimate of drug-likeness (QED) is 0.571. The Hall–Kier alpha value is -2.18. The lowest BCUT2D eigenvalue weighted by molar-refractivity contribution is -0.775. The maximum absolute atomic E-state index is 11.4. The number of esters is 1. The van der Waals surface area contributed by atoms with Gasteiger partial charge < -0.3 is 9.72 Å². The molecule has 0 aliphatic heterocycles. The van der Waals surface area contributed by atoms with Crippen LogP contribution >= 0.6 is 0 Å². The van der Waals surface area contributed by atoms with Crippen molar-refractivity contribution in [2.24, 2.45) is 0 Å². The fourth-order valence-electron chi connectivity index (χ4n) is 1.43. The molecule has 90 valence electrons. The molecule has 0 amide bonds. The summed E-state index contributed by atoms with van der Waals surface area (Å²) in [5.74, 6) is -0.263. The molecule has 0 aromatic carbocycles. The van der Waals surface area contributed by atoms with Gasteiger partial charge in [-0.15, -0.1) is 5.10 Å². The molecule has 0 aliphatic rings. The Balaban J connectivity index is 2.12. The monoisotopic (exact) mass is 237 g/mol. The van der Waals surface area contributed by atoms with Crippen molar-refractivity contribution < 1.29 is 14.2 Å². The Morgan fingerprint density at radius 2 is 2.41 bits per heavy atom. The van der Waals surface area contributed by atoms with Crippen molar-refractivity contribution in [2.75, 3.05) is 0 Å². The van der Waals surface area contributed by atoms with Gasteiger partial charge in [-0.05, 0) is 6.42 Å². The molecule has 7 nitrogen and oxygen atoms in total. The lowest BCUT2D eigenvalue weighted by Gasteiger charge is -1.96. The average molecular weight is 237 g/mol. The minimum absolute atomic E-state index is 0.0502. The Morgan fingerprint density at radius 1 is 1.59 bits per heavy atom. The number of nitrogens with one attached hydrogen (secondary N) is 2. The molecule has 7 heteroatoms. The standard InChI is InChI=1S/C10H12N4O3/c1-2-3-8(15)17-6-14-4-7-9(13-14)11-5-12-10(7)16/h4-5H,2-3,6H2,1H3,(H,11,12,13,16)/p+1. The van der Waals surface area contributed by atoms with Gasteiger partial charge in [-0.1, -0.05) is 11.6 Å². The highest BCUT2D eigenvalue weighted by Crippen LogP contribution is 1.97. The van der Waals surface area contributed by atoms with Crippen molar-refractivity contribution in [2.45, 2.75) is 26.5 Å². The summed E-state index contributed by atoms with van der Waals surface area (Å²) in [6.45, 7) is 1.95. The molecule has 0 fully saturated rings. The molecule has 2 heterocycles. The third-order valence-corrected chi connectivity index (χ3v) is 2.24. The number of hydrogen-bond acceptors (Lipinski definition) is 4. The van der Waals surface area contributed by atoms with E-state index < -0.39 is 0 Å². The predicted molar refractivity (Wildman–Crippen MR) is 57.9 cm³/mol. The zero-order valence-corrected chi connectivity index (χ0v) is 9.40. The molecule has 17 heavy (non-hydrogen) atoms. The van der Waals surface area contributed by atoms with E-state index in [1.54, 1.807) is 6.20 Å². The topological polar surface area (TPSA) is 91.7 Å². The minimum Gasteiger partial charge on any atom is -0.403 e. The van der Waals surface area contributed by atoms with Gasteiger partial charge in [0.15, 0.2) is 5.39 Å². The van der Waals surface area contributed by atoms with Gasteiger partial charge >= 0.3 is 12.7 Å². The molecule has 0 saturated heterocycles. The van der Waals surface area contributed by atoms with Crippen LogP contribution in [0.3, 0.4) is 0 Å². The summed E-state index contributed by atoms with van der Waals surface area (Å²) in [5.41, 5.74) is 0.227. The normalized spacial score (nSPS) is 10.6. The Bertz CT molecular complexity index is 586. The maximum Gasteiger partial charge on any atom is 0.317 e. The Kier molecular flexibility index (Phi) is 3.17. The van der Waals surface area contributed by atoms with Crippen LogP contribution in [0.15, 0.2) is 17.3 Å². The first-order chi connectivity index (χ1) is 8.20. The fraction of sp³-hybridized carbons (Fsp3) is 0.400. The number of aromatic nitrogens is 4. The Morgan fingerprint density at radius 3 is 3.12 bits per heavy atom. The van der Waals surface area contributed by atoms with E-state index in [0.29, 0.717) is 17.5 Å². The zero-order valence-electron chi connectivity index (χ0n) is 9.40. The molecule has 2 aromatic rings. The third-order valence-electron chi connectivity index (χ3n) is 2.24. The van der Waals surface area contributed by atoms with Crippen LogP contribution in [0.4, 0.5) is 0 Å². The SMILES string of the molecule is CCCC(=O)OC[n+]1cc2c(=O)[nH]cnc2[nH]1. The van der Waals surface area contributed by atoms with Crippen molar-refractivity contribution in [3.8, 4) is 0 Å². The number of carbonyl (C=O) groups is 1. The van der Waals surface area contributed by atoms with E-state index in [-0.39, 0.29) is 18.3 Å². The second-order valence-electron chi connectivity index (χ2n) is 3.60. The zero-order chi connectivity index (χ0) is 12.3. The van der Waals surface area contributed by atoms with E-state index in [0.717, 1.165) is 6.42 Å². The van der Waals surface area contributed by atoms with E-state index >= 15 is 0 Å². The fourth-order valence-corrected chi connectivity index (χ4v) is 1.43. The second-order valence-corrected chi connectivity index (χ2v) is 3.60. The second kappa shape index (κ2) is 4.77. The minimum atomic E-state index is -0.263. The van der Waals surface area contributed by atoms with Crippen LogP contribution in [0, 0.1) is 0 Å². The molecule has 0 saturated carbocycles. The first-order valence-electron chi connectivity index (χ1n) is 5.32. The summed E-state index contributed by atoms with van der Waals surface area (Å²) < 4.78 is 6.49. The summed E-state index contributed by atoms with van der Waals surface area (Å²) in [7, 11) is 0. The van der Waals surface area contributed by atoms with Crippen LogP contribution in [-0.2, 0) is 16.3 Å². The lowest BCUT2D eigenvalue weighted by atomic mass is 10.3. The van der Waals surface area contributed by atoms with E-state index in [4.69, 9.17) is 4.74 Å². The largest absolute Gasteiger partial charge is 0.403 e. The number of ether oxygens (including phenoxy) is 1. The first-order valence-corrected chi connectivity index (χ1v) is 5.32. The first kappa shape index (κ1) is 11.3. The van der Waals surface area contributed by atoms with Crippen molar-refractivity contribution in [3.05, 3.63) is 22.9 Å². The van der Waals surface area contributed by atoms with Crippen LogP contribution in [-0.4, -0.2) is 21.0 Å². The van der Waals surface area contributed by atoms with E-state index in [1.165, 1.54) is 11.0 Å². The van der Waals surface area contributed by atoms with Crippen LogP contribution < -0.4 is 10.2 Å². The van der Waals surface area contributed by atoms with Crippen molar-refractivity contribution >= 4 is 17.0 Å². The van der Waals surface area contributed by atoms with Gasteiger partial charge in [0.2, 0.25) is 11.8 Å². The van der Waals surface area contributed by atoms with E-state index in [2.05, 4.69) is 15.1 Å². The molecular formula is C10H13N4O3+. The smallest absolute Gasteiger partial charge is 0.317 e. The molecule has 0 bridgehead atoms. The molecule has 0 unspecified atom stereocenters. The highest BCUT2D eigenvalue weighted by molar-refractivity contribution is 5.70. The number of carbonyl (C=O) groups excluding carboxylic acids is 1. The highest BCUT2D eigenvalue weighted by Gasteiger charge is 2.12. The summed E-state index contributed by atoms with van der Waals surface area (Å²) in [5, 5.41) is 3.27. The van der Waals surface area contributed by atoms with Crippen LogP contribution in [0.2, 0.25) is 0 Å². The number of fused-ring (bicyclic) bond motifs is 1. The van der Waals surface area contributed by atoms with Crippen LogP contribution in [0.25, 0.3) is 11.0 Å². The highest BCUT2D eigenvalue weighted by atomic mass is 16.5. The number of nitrogens with zero attached hydrogens (tertiary/aromatic N) is 2. The predicted octanol–water partition coefficient (Wildman–Crippen LogP) is -0.161. The lowest BCUT2D eigenvalue weighted by Crippen LogP contribution is -2.37. The van der Waals surface area contributed by atoms with Crippen LogP contribution in [0.1, 0.15) is 19.8 Å². The molecule has 2 aromatic heterocycles. The summed E-state index contributed by atoms with van der Waals surface area (Å²) >= 11 is 0. The average Bonchev–Trinajstić information content (AvgIpc) is 2.71. The van der Waals surface area contributed by atoms with Crippen molar-refractivity contribution in [1.29, 1.82) is 0 Å². The van der Waals surface area contributed by atoms with Gasteiger partial charge in [-0.2, -0.15) is 0 Å². The number of rotatable bonds is 4. The molecule has 2 N–H and O–H groups in total. The van der Waals surface area contributed by atoms with Crippen LogP contribution in [0.5, 0.6) is 0 Å². The summed E-state index contributed by atoms with van der Waals surface area (Å²) in [4.78, 5) is 29.0. The van der Waals surface area contributed by atoms with Gasteiger partial charge in [0.1, 0.15) is 0 Å². The van der Waals surface area contributed by atoms with Crippen molar-refractivity contribution in [3.63, 3.8) is 0 Å². The Labute approximate surface area is 96.4 Å². The number of aromatic amines is 2. The van der Waals surface area contributed by atoms with Gasteiger partial charge in [-0.3, -0.25) is 9.59 Å². The molecule has 0 aliphatic carbocycles. The van der Waals surface area contributed by atoms with Crippen molar-refractivity contribution in [1.82, 2.24) is 15.1 Å². The maximum atomic E-state index is 11.4. The molecule has 0 radical (unpaired) electrons. The molecular weight excluding hydrogens is 224 g/mol.